The van der Waals surface area contributed by atoms with Gasteiger partial charge in [-0.15, -0.1) is 11.3 Å². The molecule has 98 valence electrons. The van der Waals surface area contributed by atoms with Gasteiger partial charge in [-0.3, -0.25) is 19.7 Å². The predicted octanol–water partition coefficient (Wildman–Crippen LogP) is 2.46. The number of pyridine rings is 1. The van der Waals surface area contributed by atoms with Crippen molar-refractivity contribution in [2.75, 3.05) is 0 Å². The fraction of sp³-hybridized carbons (Fsp3) is 0.0909. The average Bonchev–Trinajstić information content (AvgIpc) is 2.78. The van der Waals surface area contributed by atoms with Gasteiger partial charge in [-0.05, 0) is 34.1 Å². The summed E-state index contributed by atoms with van der Waals surface area (Å²) in [5, 5.41) is 10.6. The Labute approximate surface area is 119 Å². The third-order valence-corrected chi connectivity index (χ3v) is 4.02. The van der Waals surface area contributed by atoms with Crippen LogP contribution in [0.15, 0.2) is 39.0 Å². The molecule has 8 heteroatoms. The van der Waals surface area contributed by atoms with Gasteiger partial charge in [0, 0.05) is 12.3 Å². The fourth-order valence-electron chi connectivity index (χ4n) is 1.48. The number of ketones is 1. The number of Topliss-reactive ketones (excluding diaryl/α,β-unsaturated/α-hetero) is 1. The van der Waals surface area contributed by atoms with Crippen LogP contribution >= 0.6 is 27.3 Å². The molecule has 2 heterocycles. The van der Waals surface area contributed by atoms with Crippen LogP contribution in [0.3, 0.4) is 0 Å². The number of nitrogens with zero attached hydrogens (tertiary/aromatic N) is 2. The zero-order valence-electron chi connectivity index (χ0n) is 9.41. The fourth-order valence-corrected chi connectivity index (χ4v) is 2.80. The number of aromatic nitrogens is 1. The molecule has 2 aromatic heterocycles. The molecule has 0 bridgehead atoms. The van der Waals surface area contributed by atoms with Crippen molar-refractivity contribution in [3.8, 4) is 0 Å². The van der Waals surface area contributed by atoms with E-state index < -0.39 is 16.2 Å². The standard InChI is InChI=1S/C11H7BrN2O4S/c12-10-4-3-9(19-10)8(15)6-13-5-1-2-7(11(13)16)14(17)18/h1-5H,6H2. The molecule has 0 saturated heterocycles. The van der Waals surface area contributed by atoms with E-state index in [1.807, 2.05) is 0 Å². The molecule has 0 N–H and O–H groups in total. The summed E-state index contributed by atoms with van der Waals surface area (Å²) in [5.41, 5.74) is -1.32. The lowest BCUT2D eigenvalue weighted by Crippen LogP contribution is -2.25. The molecule has 0 spiro atoms. The second kappa shape index (κ2) is 5.45. The van der Waals surface area contributed by atoms with Gasteiger partial charge < -0.3 is 4.57 Å². The van der Waals surface area contributed by atoms with Gasteiger partial charge in [-0.25, -0.2) is 0 Å². The number of rotatable bonds is 4. The van der Waals surface area contributed by atoms with Gasteiger partial charge >= 0.3 is 11.2 Å². The third kappa shape index (κ3) is 2.96. The Kier molecular flexibility index (Phi) is 3.91. The Hall–Kier alpha value is -1.80. The molecule has 0 radical (unpaired) electrons. The topological polar surface area (TPSA) is 82.2 Å². The number of carbonyl (C=O) groups is 1. The van der Waals surface area contributed by atoms with Crippen LogP contribution < -0.4 is 5.56 Å². The van der Waals surface area contributed by atoms with Gasteiger partial charge in [0.2, 0.25) is 0 Å². The number of hydrogen-bond acceptors (Lipinski definition) is 5. The minimum atomic E-state index is -0.781. The van der Waals surface area contributed by atoms with Crippen LogP contribution in [-0.4, -0.2) is 15.3 Å². The third-order valence-electron chi connectivity index (χ3n) is 2.36. The Morgan fingerprint density at radius 2 is 2.16 bits per heavy atom. The first-order chi connectivity index (χ1) is 8.99. The van der Waals surface area contributed by atoms with Gasteiger partial charge in [0.05, 0.1) is 20.1 Å². The molecule has 2 rings (SSSR count). The summed E-state index contributed by atoms with van der Waals surface area (Å²) in [6.45, 7) is -0.215. The predicted molar refractivity (Wildman–Crippen MR) is 73.7 cm³/mol. The number of hydrogen-bond donors (Lipinski definition) is 0. The van der Waals surface area contributed by atoms with Crippen molar-refractivity contribution in [1.29, 1.82) is 0 Å². The second-order valence-corrected chi connectivity index (χ2v) is 6.07. The highest BCUT2D eigenvalue weighted by molar-refractivity contribution is 9.11. The Morgan fingerprint density at radius 3 is 2.74 bits per heavy atom. The van der Waals surface area contributed by atoms with Crippen LogP contribution in [0.25, 0.3) is 0 Å². The van der Waals surface area contributed by atoms with Crippen LogP contribution in [0.5, 0.6) is 0 Å². The molecule has 0 aliphatic rings. The molecule has 0 aliphatic heterocycles. The molecule has 0 aliphatic carbocycles. The maximum Gasteiger partial charge on any atom is 0.334 e. The minimum Gasteiger partial charge on any atom is -0.302 e. The molecule has 0 fully saturated rings. The summed E-state index contributed by atoms with van der Waals surface area (Å²) >= 11 is 4.49. The quantitative estimate of drug-likeness (QED) is 0.485. The van der Waals surface area contributed by atoms with E-state index >= 15 is 0 Å². The maximum absolute atomic E-state index is 11.9. The Bertz CT molecular complexity index is 707. The summed E-state index contributed by atoms with van der Waals surface area (Å²) in [7, 11) is 0. The van der Waals surface area contributed by atoms with Crippen LogP contribution in [0, 0.1) is 10.1 Å². The van der Waals surface area contributed by atoms with E-state index in [4.69, 9.17) is 0 Å². The number of carbonyl (C=O) groups excluding carboxylic acids is 1. The molecule has 0 unspecified atom stereocenters. The van der Waals surface area contributed by atoms with Crippen molar-refractivity contribution >= 4 is 38.7 Å². The van der Waals surface area contributed by atoms with Gasteiger partial charge in [0.1, 0.15) is 0 Å². The molecule has 0 aromatic carbocycles. The summed E-state index contributed by atoms with van der Waals surface area (Å²) in [4.78, 5) is 34.0. The summed E-state index contributed by atoms with van der Waals surface area (Å²) in [6.07, 6.45) is 1.36. The van der Waals surface area contributed by atoms with Crippen molar-refractivity contribution in [3.63, 3.8) is 0 Å². The molecular weight excluding hydrogens is 336 g/mol. The van der Waals surface area contributed by atoms with Crippen molar-refractivity contribution in [2.24, 2.45) is 0 Å². The monoisotopic (exact) mass is 342 g/mol. The summed E-state index contributed by atoms with van der Waals surface area (Å²) in [5.74, 6) is -0.265. The Morgan fingerprint density at radius 1 is 1.42 bits per heavy atom. The van der Waals surface area contributed by atoms with E-state index in [0.717, 1.165) is 14.4 Å². The highest BCUT2D eigenvalue weighted by Gasteiger charge is 2.16. The van der Waals surface area contributed by atoms with E-state index in [-0.39, 0.29) is 12.3 Å². The number of thiophene rings is 1. The number of nitro groups is 1. The van der Waals surface area contributed by atoms with Gasteiger partial charge in [0.15, 0.2) is 5.78 Å². The van der Waals surface area contributed by atoms with E-state index in [1.54, 1.807) is 12.1 Å². The lowest BCUT2D eigenvalue weighted by molar-refractivity contribution is -0.386. The van der Waals surface area contributed by atoms with E-state index in [2.05, 4.69) is 15.9 Å². The van der Waals surface area contributed by atoms with Gasteiger partial charge in [-0.1, -0.05) is 0 Å². The van der Waals surface area contributed by atoms with E-state index in [1.165, 1.54) is 23.6 Å². The summed E-state index contributed by atoms with van der Waals surface area (Å²) < 4.78 is 1.84. The first-order valence-corrected chi connectivity index (χ1v) is 6.72. The highest BCUT2D eigenvalue weighted by atomic mass is 79.9. The minimum absolute atomic E-state index is 0.215. The van der Waals surface area contributed by atoms with E-state index in [9.17, 15) is 19.7 Å². The normalized spacial score (nSPS) is 10.4. The molecule has 19 heavy (non-hydrogen) atoms. The highest BCUT2D eigenvalue weighted by Crippen LogP contribution is 2.22. The molecule has 2 aromatic rings. The van der Waals surface area contributed by atoms with Crippen molar-refractivity contribution in [3.05, 3.63) is 59.6 Å². The van der Waals surface area contributed by atoms with Gasteiger partial charge in [0.25, 0.3) is 0 Å². The van der Waals surface area contributed by atoms with Crippen molar-refractivity contribution in [2.45, 2.75) is 6.54 Å². The lowest BCUT2D eigenvalue weighted by Gasteiger charge is -2.02. The van der Waals surface area contributed by atoms with Gasteiger partial charge in [-0.2, -0.15) is 0 Å². The second-order valence-electron chi connectivity index (χ2n) is 3.61. The van der Waals surface area contributed by atoms with Crippen LogP contribution in [0.1, 0.15) is 9.67 Å². The first kappa shape index (κ1) is 13.6. The number of halogens is 1. The molecule has 0 atom stereocenters. The average molecular weight is 343 g/mol. The zero-order chi connectivity index (χ0) is 14.0. The lowest BCUT2D eigenvalue weighted by atomic mass is 10.3. The van der Waals surface area contributed by atoms with Crippen molar-refractivity contribution < 1.29 is 9.72 Å². The van der Waals surface area contributed by atoms with Crippen molar-refractivity contribution in [1.82, 2.24) is 4.57 Å². The van der Waals surface area contributed by atoms with E-state index in [0.29, 0.717) is 4.88 Å². The van der Waals surface area contributed by atoms with Crippen LogP contribution in [0.4, 0.5) is 5.69 Å². The zero-order valence-corrected chi connectivity index (χ0v) is 11.8. The molecule has 0 saturated carbocycles. The maximum atomic E-state index is 11.9. The smallest absolute Gasteiger partial charge is 0.302 e. The van der Waals surface area contributed by atoms with Crippen LogP contribution in [-0.2, 0) is 6.54 Å². The first-order valence-electron chi connectivity index (χ1n) is 5.11. The largest absolute Gasteiger partial charge is 0.334 e. The molecule has 6 nitrogen and oxygen atoms in total. The SMILES string of the molecule is O=C(Cn1cccc([N+](=O)[O-])c1=O)c1ccc(Br)s1. The summed E-state index contributed by atoms with van der Waals surface area (Å²) in [6, 6.07) is 5.86. The molecule has 0 amide bonds. The molecular formula is C11H7BrN2O4S. The Balaban J connectivity index is 2.29. The van der Waals surface area contributed by atoms with Crippen LogP contribution in [0.2, 0.25) is 0 Å².